The Balaban J connectivity index is 4.74. The number of rotatable bonds is 10. The lowest BCUT2D eigenvalue weighted by Gasteiger charge is -2.32. The lowest BCUT2D eigenvalue weighted by atomic mass is 9.95. The average Bonchev–Trinajstić information content (AvgIpc) is 2.47. The molecule has 5 N–H and O–H groups in total. The van der Waals surface area contributed by atoms with Crippen molar-refractivity contribution in [3.63, 3.8) is 0 Å². The van der Waals surface area contributed by atoms with Gasteiger partial charge in [0.05, 0.1) is 6.10 Å². The van der Waals surface area contributed by atoms with Crippen molar-refractivity contribution in [3.05, 3.63) is 0 Å². The molecule has 0 rings (SSSR count). The number of hydrogen-bond acceptors (Lipinski definition) is 6. The molecule has 7 nitrogen and oxygen atoms in total. The summed E-state index contributed by atoms with van der Waals surface area (Å²) < 4.78 is 4.71. The first-order chi connectivity index (χ1) is 9.38. The van der Waals surface area contributed by atoms with E-state index in [1.165, 1.54) is 7.11 Å². The highest BCUT2D eigenvalue weighted by molar-refractivity contribution is 5.76. The Kier molecular flexibility index (Phi) is 9.70. The molecule has 0 aromatic carbocycles. The lowest BCUT2D eigenvalue weighted by molar-refractivity contribution is -0.153. The monoisotopic (exact) mass is 293 g/mol. The first-order valence-corrected chi connectivity index (χ1v) is 6.86. The van der Waals surface area contributed by atoms with Crippen molar-refractivity contribution in [1.29, 1.82) is 0 Å². The SMILES string of the molecule is CCCCC(=O)NC(C(O)OC)C(O)C(O)C(C)CO. The van der Waals surface area contributed by atoms with E-state index >= 15 is 0 Å². The van der Waals surface area contributed by atoms with E-state index in [1.54, 1.807) is 6.92 Å². The van der Waals surface area contributed by atoms with Gasteiger partial charge in [0.15, 0.2) is 6.29 Å². The number of methoxy groups -OCH3 is 1. The standard InChI is InChI=1S/C13H27NO6/c1-4-5-6-9(16)14-10(13(19)20-3)12(18)11(17)8(2)7-15/h8,10-13,15,17-19H,4-7H2,1-3H3,(H,14,16). The zero-order valence-electron chi connectivity index (χ0n) is 12.3. The van der Waals surface area contributed by atoms with Crippen LogP contribution in [-0.2, 0) is 9.53 Å². The van der Waals surface area contributed by atoms with Gasteiger partial charge in [0.1, 0.15) is 12.1 Å². The molecule has 20 heavy (non-hydrogen) atoms. The normalized spacial score (nSPS) is 18.9. The Morgan fingerprint density at radius 3 is 2.30 bits per heavy atom. The molecule has 0 saturated carbocycles. The summed E-state index contributed by atoms with van der Waals surface area (Å²) >= 11 is 0. The number of hydrogen-bond donors (Lipinski definition) is 5. The van der Waals surface area contributed by atoms with Gasteiger partial charge in [0, 0.05) is 26.1 Å². The van der Waals surface area contributed by atoms with Crippen molar-refractivity contribution in [2.45, 2.75) is 57.6 Å². The van der Waals surface area contributed by atoms with Crippen LogP contribution in [0.2, 0.25) is 0 Å². The maximum Gasteiger partial charge on any atom is 0.220 e. The number of nitrogens with one attached hydrogen (secondary N) is 1. The van der Waals surface area contributed by atoms with E-state index in [0.29, 0.717) is 6.42 Å². The second-order valence-corrected chi connectivity index (χ2v) is 4.96. The van der Waals surface area contributed by atoms with Crippen molar-refractivity contribution < 1.29 is 30.0 Å². The number of carbonyl (C=O) groups excluding carboxylic acids is 1. The molecular weight excluding hydrogens is 266 g/mol. The van der Waals surface area contributed by atoms with Gasteiger partial charge in [-0.1, -0.05) is 20.3 Å². The molecule has 120 valence electrons. The third-order valence-corrected chi connectivity index (χ3v) is 3.22. The molecule has 5 unspecified atom stereocenters. The molecule has 0 fully saturated rings. The molecule has 7 heteroatoms. The van der Waals surface area contributed by atoms with Gasteiger partial charge in [-0.25, -0.2) is 0 Å². The van der Waals surface area contributed by atoms with Crippen molar-refractivity contribution in [1.82, 2.24) is 5.32 Å². The summed E-state index contributed by atoms with van der Waals surface area (Å²) in [6, 6.07) is -1.16. The van der Waals surface area contributed by atoms with E-state index in [9.17, 15) is 20.1 Å². The summed E-state index contributed by atoms with van der Waals surface area (Å²) in [6.45, 7) is 3.16. The maximum atomic E-state index is 11.7. The van der Waals surface area contributed by atoms with Gasteiger partial charge in [0.25, 0.3) is 0 Å². The van der Waals surface area contributed by atoms with Crippen LogP contribution in [0.3, 0.4) is 0 Å². The number of carbonyl (C=O) groups is 1. The number of ether oxygens (including phenoxy) is 1. The molecule has 0 aliphatic heterocycles. The molecule has 0 radical (unpaired) electrons. The minimum Gasteiger partial charge on any atom is -0.396 e. The summed E-state index contributed by atoms with van der Waals surface area (Å²) in [5.41, 5.74) is 0. The highest BCUT2D eigenvalue weighted by atomic mass is 16.6. The predicted molar refractivity (Wildman–Crippen MR) is 72.7 cm³/mol. The Labute approximate surface area is 119 Å². The fourth-order valence-electron chi connectivity index (χ4n) is 1.72. The van der Waals surface area contributed by atoms with E-state index in [0.717, 1.165) is 6.42 Å². The van der Waals surface area contributed by atoms with Crippen LogP contribution in [0.4, 0.5) is 0 Å². The van der Waals surface area contributed by atoms with Crippen LogP contribution in [-0.4, -0.2) is 64.6 Å². The molecular formula is C13H27NO6. The molecule has 0 aliphatic rings. The molecule has 5 atom stereocenters. The summed E-state index contributed by atoms with van der Waals surface area (Å²) in [6.07, 6.45) is -2.39. The van der Waals surface area contributed by atoms with E-state index in [1.807, 2.05) is 6.92 Å². The van der Waals surface area contributed by atoms with E-state index in [4.69, 9.17) is 9.84 Å². The molecule has 0 spiro atoms. The summed E-state index contributed by atoms with van der Waals surface area (Å²) in [7, 11) is 1.23. The van der Waals surface area contributed by atoms with Crippen LogP contribution in [0.1, 0.15) is 33.1 Å². The molecule has 0 heterocycles. The van der Waals surface area contributed by atoms with Crippen LogP contribution in [0.25, 0.3) is 0 Å². The zero-order valence-corrected chi connectivity index (χ0v) is 12.3. The first kappa shape index (κ1) is 19.3. The van der Waals surface area contributed by atoms with E-state index in [-0.39, 0.29) is 18.9 Å². The predicted octanol–water partition coefficient (Wildman–Crippen LogP) is -1.02. The van der Waals surface area contributed by atoms with Crippen LogP contribution in [0.5, 0.6) is 0 Å². The van der Waals surface area contributed by atoms with Gasteiger partial charge in [0.2, 0.25) is 5.91 Å². The molecule has 1 amide bonds. The Morgan fingerprint density at radius 2 is 1.85 bits per heavy atom. The Morgan fingerprint density at radius 1 is 1.25 bits per heavy atom. The van der Waals surface area contributed by atoms with Crippen LogP contribution >= 0.6 is 0 Å². The highest BCUT2D eigenvalue weighted by Crippen LogP contribution is 2.13. The number of aliphatic hydroxyl groups excluding tert-OH is 4. The largest absolute Gasteiger partial charge is 0.396 e. The molecule has 0 aliphatic carbocycles. The third kappa shape index (κ3) is 6.15. The summed E-state index contributed by atoms with van der Waals surface area (Å²) in [4.78, 5) is 11.7. The van der Waals surface area contributed by atoms with Crippen molar-refractivity contribution in [2.24, 2.45) is 5.92 Å². The number of aliphatic hydroxyl groups is 4. The molecule has 0 bridgehead atoms. The Hall–Kier alpha value is -0.730. The fraction of sp³-hybridized carbons (Fsp3) is 0.923. The van der Waals surface area contributed by atoms with E-state index < -0.39 is 30.5 Å². The number of amides is 1. The quantitative estimate of drug-likeness (QED) is 0.329. The Bertz CT molecular complexity index is 276. The van der Waals surface area contributed by atoms with Gasteiger partial charge < -0.3 is 30.5 Å². The zero-order chi connectivity index (χ0) is 15.7. The molecule has 0 saturated heterocycles. The first-order valence-electron chi connectivity index (χ1n) is 6.86. The lowest BCUT2D eigenvalue weighted by Crippen LogP contribution is -2.56. The smallest absolute Gasteiger partial charge is 0.220 e. The van der Waals surface area contributed by atoms with Gasteiger partial charge in [-0.3, -0.25) is 4.79 Å². The topological polar surface area (TPSA) is 119 Å². The summed E-state index contributed by atoms with van der Waals surface area (Å²) in [5.74, 6) is -0.931. The van der Waals surface area contributed by atoms with Gasteiger partial charge in [-0.2, -0.15) is 0 Å². The minimum absolute atomic E-state index is 0.266. The second-order valence-electron chi connectivity index (χ2n) is 4.96. The molecule has 0 aromatic rings. The maximum absolute atomic E-state index is 11.7. The van der Waals surface area contributed by atoms with Crippen LogP contribution in [0, 0.1) is 5.92 Å². The van der Waals surface area contributed by atoms with Crippen LogP contribution < -0.4 is 5.32 Å². The number of unbranched alkanes of at least 4 members (excludes halogenated alkanes) is 1. The highest BCUT2D eigenvalue weighted by Gasteiger charge is 2.35. The van der Waals surface area contributed by atoms with Crippen molar-refractivity contribution in [3.8, 4) is 0 Å². The second kappa shape index (κ2) is 10.1. The van der Waals surface area contributed by atoms with Gasteiger partial charge in [-0.15, -0.1) is 0 Å². The molecule has 0 aromatic heterocycles. The van der Waals surface area contributed by atoms with Gasteiger partial charge in [-0.05, 0) is 6.42 Å². The third-order valence-electron chi connectivity index (χ3n) is 3.22. The fourth-order valence-corrected chi connectivity index (χ4v) is 1.72. The van der Waals surface area contributed by atoms with E-state index in [2.05, 4.69) is 5.32 Å². The van der Waals surface area contributed by atoms with Crippen molar-refractivity contribution in [2.75, 3.05) is 13.7 Å². The van der Waals surface area contributed by atoms with Crippen molar-refractivity contribution >= 4 is 5.91 Å². The van der Waals surface area contributed by atoms with Gasteiger partial charge >= 0.3 is 0 Å². The average molecular weight is 293 g/mol. The summed E-state index contributed by atoms with van der Waals surface area (Å²) in [5, 5.41) is 41.0. The van der Waals surface area contributed by atoms with Crippen LogP contribution in [0.15, 0.2) is 0 Å². The minimum atomic E-state index is -1.45.